The number of aliphatic hydroxyl groups excluding tert-OH is 3. The van der Waals surface area contributed by atoms with Crippen molar-refractivity contribution in [3.05, 3.63) is 231 Å². The smallest absolute Gasteiger partial charge is 1.00 e. The fraction of sp³-hybridized carbons (Fsp3) is 0.500. The number of halogens is 3. The topological polar surface area (TPSA) is 460 Å². The monoisotopic (exact) mass is 2960 g/mol. The molecular formula is C88H124Ba6Cl3NO34P3S6+. The van der Waals surface area contributed by atoms with Crippen LogP contribution < -0.4 is 18.9 Å². The van der Waals surface area contributed by atoms with E-state index in [1.54, 1.807) is 60.9 Å². The largest absolute Gasteiger partial charge is 2.00 e. The number of aliphatic carboxylic acids is 1. The minimum absolute atomic E-state index is 0. The SMILES string of the molecule is C.CC#N.CC[C@H]1O[CH-]CC1O[P+](=O)OC[C@H]1O[CH-]CC1OC(c1ccccc1)(c1ccc(OC)cc1)c1ccc(OC)cc1.CC[C@H]1O[CH-]CC1O[P@@](=O)(OCCSS(C)(=O)=O)OC[C@H]1O[CH-]CC1OC(c1ccccc1)(c1ccc(OC)cc1)c1ccc(OC)cc1.CS(=O)(=O)SCCO.CS(=O)(=O)SCCO[P@@](=O)(OC[C@H]1O[CH-]CC1O)OC1C[CH-]O[C@@H]1CO.O=C(O)C(Cl)(Cl)Cl.[Ba+2].[Ba+2].[Ba+2].[Ba+2].[Ba+2].[Ba+2].[H-].[H-].[H-].[H-].[H-].[H-]. The molecule has 0 amide bonds. The van der Waals surface area contributed by atoms with Gasteiger partial charge in [0.1, 0.15) is 46.9 Å². The predicted molar refractivity (Wildman–Crippen MR) is 554 cm³/mol. The van der Waals surface area contributed by atoms with Gasteiger partial charge in [-0.1, -0.05) is 165 Å². The molecule has 6 aliphatic rings. The van der Waals surface area contributed by atoms with Gasteiger partial charge in [0.05, 0.1) is 135 Å². The Balaban J connectivity index is -0.000000363. The van der Waals surface area contributed by atoms with Crippen molar-refractivity contribution in [2.24, 2.45) is 0 Å². The summed E-state index contributed by atoms with van der Waals surface area (Å²) in [5.41, 5.74) is 3.22. The maximum absolute atomic E-state index is 14.1. The molecule has 12 rings (SSSR count). The van der Waals surface area contributed by atoms with E-state index in [1.807, 2.05) is 159 Å². The molecule has 4 N–H and O–H groups in total. The Morgan fingerprint density at radius 1 is 0.468 bits per heavy atom. The number of nitrogens with zero attached hydrogens (tertiary/aromatic N) is 1. The summed E-state index contributed by atoms with van der Waals surface area (Å²) in [7, 11) is -11.6. The number of rotatable bonds is 45. The molecule has 0 bridgehead atoms. The molecule has 6 aromatic carbocycles. The summed E-state index contributed by atoms with van der Waals surface area (Å²) >= 11 is 14.4. The number of nitriles is 1. The summed E-state index contributed by atoms with van der Waals surface area (Å²) < 4.78 is 218. The third kappa shape index (κ3) is 50.7. The number of carbonyl (C=O) groups is 1. The molecular weight excluding hydrogens is 2830 g/mol. The number of hydrogen-bond acceptors (Lipinski definition) is 37. The summed E-state index contributed by atoms with van der Waals surface area (Å²) in [6, 6.07) is 52.9. The van der Waals surface area contributed by atoms with E-state index in [4.69, 9.17) is 143 Å². The average Bonchev–Trinajstić information content (AvgIpc) is 1.60. The Kier molecular flexibility index (Phi) is 77.9. The van der Waals surface area contributed by atoms with Gasteiger partial charge in [-0.15, -0.1) is 47.6 Å². The second kappa shape index (κ2) is 75.5. The molecule has 6 fully saturated rings. The molecule has 35 nitrogen and oxygen atoms in total. The van der Waals surface area contributed by atoms with Crippen LogP contribution in [-0.4, -0.2) is 533 Å². The van der Waals surface area contributed by atoms with Crippen molar-refractivity contribution in [2.45, 2.75) is 168 Å². The van der Waals surface area contributed by atoms with Gasteiger partial charge in [0.25, 0.3) is 3.79 Å². The van der Waals surface area contributed by atoms with Gasteiger partial charge in [0.15, 0.2) is 26.6 Å². The van der Waals surface area contributed by atoms with Crippen molar-refractivity contribution < 1.29 is 166 Å². The van der Waals surface area contributed by atoms with Crippen LogP contribution in [0.1, 0.15) is 122 Å². The zero-order valence-corrected chi connectivity index (χ0v) is 116. The first-order valence-electron chi connectivity index (χ1n) is 41.6. The normalized spacial score (nSPS) is 21.7. The Labute approximate surface area is 1110 Å². The number of methoxy groups -OCH3 is 4. The van der Waals surface area contributed by atoms with Crippen molar-refractivity contribution in [3.8, 4) is 29.1 Å². The number of benzene rings is 6. The minimum Gasteiger partial charge on any atom is -1.00 e. The van der Waals surface area contributed by atoms with Gasteiger partial charge in [-0.25, -0.2) is 78.8 Å². The van der Waals surface area contributed by atoms with Crippen LogP contribution in [0.2, 0.25) is 0 Å². The van der Waals surface area contributed by atoms with Gasteiger partial charge in [-0.2, -0.15) is 5.26 Å². The van der Waals surface area contributed by atoms with Gasteiger partial charge in [-0.05, 0) is 127 Å². The molecule has 141 heavy (non-hydrogen) atoms. The van der Waals surface area contributed by atoms with Crippen molar-refractivity contribution in [2.75, 3.05) is 111 Å². The van der Waals surface area contributed by atoms with Crippen molar-refractivity contribution in [3.63, 3.8) is 0 Å². The van der Waals surface area contributed by atoms with Crippen LogP contribution in [0.25, 0.3) is 0 Å². The fourth-order valence-electron chi connectivity index (χ4n) is 13.5. The molecule has 768 valence electrons. The van der Waals surface area contributed by atoms with Gasteiger partial charge in [0.2, 0.25) is 0 Å². The van der Waals surface area contributed by atoms with Crippen LogP contribution in [0.3, 0.4) is 0 Å². The van der Waals surface area contributed by atoms with Crippen LogP contribution >= 0.6 is 91.1 Å². The number of hydrogen-bond donors (Lipinski definition) is 4. The Morgan fingerprint density at radius 3 is 1.06 bits per heavy atom. The van der Waals surface area contributed by atoms with E-state index in [9.17, 15) is 54.0 Å². The van der Waals surface area contributed by atoms with E-state index >= 15 is 0 Å². The molecule has 7 unspecified atom stereocenters. The van der Waals surface area contributed by atoms with Gasteiger partial charge in [0, 0.05) is 53.6 Å². The number of alkyl halides is 3. The fourth-order valence-corrected chi connectivity index (χ4v) is 21.9. The second-order valence-corrected chi connectivity index (χ2v) is 49.4. The molecule has 0 spiro atoms. The molecule has 0 radical (unpaired) electrons. The zero-order chi connectivity index (χ0) is 98.2. The molecule has 6 aliphatic heterocycles. The van der Waals surface area contributed by atoms with E-state index < -0.39 is 126 Å². The number of carboxylic acids is 1. The number of carboxylic acid groups (broad SMARTS) is 1. The molecule has 53 heteroatoms. The molecule has 6 saturated heterocycles. The summed E-state index contributed by atoms with van der Waals surface area (Å²) in [4.78, 5) is 9.62. The van der Waals surface area contributed by atoms with E-state index in [0.29, 0.717) is 71.6 Å². The summed E-state index contributed by atoms with van der Waals surface area (Å²) in [6.45, 7) is 13.7. The van der Waals surface area contributed by atoms with Crippen molar-refractivity contribution in [1.29, 1.82) is 5.26 Å². The first-order valence-corrected chi connectivity index (χ1v) is 57.0. The number of aliphatic hydroxyl groups is 3. The van der Waals surface area contributed by atoms with Crippen LogP contribution in [-0.2, 0) is 130 Å². The Hall–Kier alpha value is 4.48. The molecule has 0 aromatic heterocycles. The summed E-state index contributed by atoms with van der Waals surface area (Å²) in [5, 5.41) is 42.3. The molecule has 6 heterocycles. The van der Waals surface area contributed by atoms with Crippen LogP contribution in [0.5, 0.6) is 23.0 Å². The molecule has 0 saturated carbocycles. The Bertz CT molecular complexity index is 4960. The van der Waals surface area contributed by atoms with Gasteiger partial charge < -0.3 is 85.8 Å². The molecule has 15 atom stereocenters. The van der Waals surface area contributed by atoms with Gasteiger partial charge >= 0.3 is 323 Å². The van der Waals surface area contributed by atoms with E-state index in [-0.39, 0.29) is 398 Å². The third-order valence-corrected chi connectivity index (χ3v) is 31.8. The van der Waals surface area contributed by atoms with Crippen LogP contribution in [0.4, 0.5) is 0 Å². The zero-order valence-electron chi connectivity index (χ0n) is 85.3. The Morgan fingerprint density at radius 2 is 0.752 bits per heavy atom. The molecule has 0 aliphatic carbocycles. The van der Waals surface area contributed by atoms with Crippen molar-refractivity contribution in [1.82, 2.24) is 0 Å². The average molecular weight is 2960 g/mol. The van der Waals surface area contributed by atoms with E-state index in [1.165, 1.54) is 20.1 Å². The standard InChI is InChI=1S/C35H43O11PS2.C32H36O8P.C13H23O10PS2.C3H8O3S2.C2HCl3O2.C2H3N.CH4.6Ba.6H/c1-5-31-33(20-22-41-31)46-47(36,43-23-24-48-49(4,37)38)44-25-34-32(19-21-42-34)45-35(26-9-7-6-8-10-26,27-11-15-29(39-2)16-12-27)28-13-17-30(40-3)18-14-28;1-4-28-30(19-21-36-28)40-41(33)38-22-31-29(18-20-37-31)39-32(23-8-6-5-7-9-23,24-10-14-26(34-2)15-11-24)25-12-16-27(35-3)17-13-25;1-26(17,18)25-7-6-21-24(16,22-9-13-10(15)2-4-20-13)23-11-3-5-19-12(11)8-14;1-8(5,6)7-3-2-4;3-2(4,5)1(6)7;1-2-3;;;;;;;;;;;;;/h6-18,21-22,31-34H,5,19-20,23-25H2,1-4H3;5-17,20-21,28-31H,4,18-19,22H2,1-3H3;4-5,10-15H,2-3,6-9H2,1H3;4H,2-3H2,1H3;(H,6,7);1H3;1H4;;;;;;;;;;;;/q-2;-1;-2;;;;;6*+2;6*-1/t31-,32?,33?,34-,47+;28-,29?,30?,31-;10?,11?,12-,13-,24+;;;;;;;;;;;;;;;;/m111................/s1. The molecule has 6 aromatic rings. The van der Waals surface area contributed by atoms with Crippen LogP contribution in [0.15, 0.2) is 158 Å². The first kappa shape index (κ1) is 145. The maximum Gasteiger partial charge on any atom is 2.00 e. The van der Waals surface area contributed by atoms with Crippen molar-refractivity contribution >= 4 is 417 Å². The third-order valence-electron chi connectivity index (χ3n) is 19.9. The number of ether oxygens (including phenoxy) is 12. The number of phosphoric ester groups is 2. The van der Waals surface area contributed by atoms with Crippen LogP contribution in [0, 0.1) is 51.0 Å². The minimum atomic E-state index is -4.21. The van der Waals surface area contributed by atoms with Gasteiger partial charge in [-0.3, -0.25) is 27.1 Å². The van der Waals surface area contributed by atoms with E-state index in [2.05, 4.69) is 12.1 Å². The summed E-state index contributed by atoms with van der Waals surface area (Å²) in [6.07, 6.45) is 0.766. The predicted octanol–water partition coefficient (Wildman–Crippen LogP) is 14.8. The first-order chi connectivity index (χ1) is 63.8. The summed E-state index contributed by atoms with van der Waals surface area (Å²) in [5.74, 6) is 1.76. The quantitative estimate of drug-likeness (QED) is 0.00524. The maximum atomic E-state index is 14.1. The number of phosphoric acid groups is 2. The van der Waals surface area contributed by atoms with E-state index in [0.717, 1.165) is 80.9 Å². The second-order valence-electron chi connectivity index (χ2n) is 29.3.